The largest absolute Gasteiger partial charge is 0.507 e. The summed E-state index contributed by atoms with van der Waals surface area (Å²) in [5.74, 6) is -1.80. The van der Waals surface area contributed by atoms with Crippen LogP contribution >= 0.6 is 0 Å². The van der Waals surface area contributed by atoms with Gasteiger partial charge >= 0.3 is 0 Å². The standard InChI is InChI=1S/C14H13FN2O4S/c1-9-6-7-10(8-12(9)15)22(20,21)17-16-14(19)11-4-2-3-5-13(11)18/h2-8,17-18H,1H3,(H,16,19). The molecule has 0 aromatic heterocycles. The Morgan fingerprint density at radius 1 is 1.18 bits per heavy atom. The van der Waals surface area contributed by atoms with Crippen molar-refractivity contribution in [3.8, 4) is 5.75 Å². The number of aryl methyl sites for hydroxylation is 1. The van der Waals surface area contributed by atoms with E-state index in [1.165, 1.54) is 43.3 Å². The van der Waals surface area contributed by atoms with E-state index in [-0.39, 0.29) is 16.2 Å². The summed E-state index contributed by atoms with van der Waals surface area (Å²) in [4.78, 5) is 13.3. The summed E-state index contributed by atoms with van der Waals surface area (Å²) in [5, 5.41) is 9.51. The van der Waals surface area contributed by atoms with Gasteiger partial charge in [0.25, 0.3) is 15.9 Å². The van der Waals surface area contributed by atoms with E-state index in [0.717, 1.165) is 6.07 Å². The van der Waals surface area contributed by atoms with Gasteiger partial charge in [-0.3, -0.25) is 10.2 Å². The van der Waals surface area contributed by atoms with Gasteiger partial charge in [-0.15, -0.1) is 4.83 Å². The molecule has 2 aromatic carbocycles. The van der Waals surface area contributed by atoms with Gasteiger partial charge in [0.1, 0.15) is 11.6 Å². The second-order valence-corrected chi connectivity index (χ2v) is 6.17. The number of nitrogens with one attached hydrogen (secondary N) is 2. The number of phenols is 1. The fourth-order valence-corrected chi connectivity index (χ4v) is 2.50. The Labute approximate surface area is 126 Å². The SMILES string of the molecule is Cc1ccc(S(=O)(=O)NNC(=O)c2ccccc2O)cc1F. The van der Waals surface area contributed by atoms with Crippen LogP contribution in [0.3, 0.4) is 0 Å². The minimum atomic E-state index is -4.12. The Hall–Kier alpha value is -2.45. The fraction of sp³-hybridized carbons (Fsp3) is 0.0714. The maximum absolute atomic E-state index is 13.4. The Kier molecular flexibility index (Phi) is 4.43. The van der Waals surface area contributed by atoms with Gasteiger partial charge in [0.15, 0.2) is 0 Å². The smallest absolute Gasteiger partial charge is 0.269 e. The lowest BCUT2D eigenvalue weighted by molar-refractivity contribution is 0.0942. The molecule has 0 radical (unpaired) electrons. The highest BCUT2D eigenvalue weighted by molar-refractivity contribution is 7.89. The molecule has 0 aliphatic carbocycles. The highest BCUT2D eigenvalue weighted by Crippen LogP contribution is 2.16. The van der Waals surface area contributed by atoms with E-state index in [9.17, 15) is 22.7 Å². The second-order valence-electron chi connectivity index (χ2n) is 4.49. The van der Waals surface area contributed by atoms with Gasteiger partial charge < -0.3 is 5.11 Å². The summed E-state index contributed by atoms with van der Waals surface area (Å²) in [7, 11) is -4.12. The van der Waals surface area contributed by atoms with Crippen molar-refractivity contribution in [1.82, 2.24) is 10.3 Å². The zero-order chi connectivity index (χ0) is 16.3. The van der Waals surface area contributed by atoms with Crippen LogP contribution in [-0.2, 0) is 10.0 Å². The average Bonchev–Trinajstić information content (AvgIpc) is 2.48. The number of rotatable bonds is 4. The maximum Gasteiger partial charge on any atom is 0.269 e. The maximum atomic E-state index is 13.4. The minimum absolute atomic E-state index is 0.0970. The molecule has 0 aliphatic heterocycles. The summed E-state index contributed by atoms with van der Waals surface area (Å²) in [6, 6.07) is 9.03. The quantitative estimate of drug-likeness (QED) is 0.742. The first-order valence-electron chi connectivity index (χ1n) is 6.17. The molecule has 0 bridgehead atoms. The van der Waals surface area contributed by atoms with Crippen LogP contribution in [0.15, 0.2) is 47.4 Å². The van der Waals surface area contributed by atoms with Crippen LogP contribution in [0.1, 0.15) is 15.9 Å². The molecule has 0 heterocycles. The molecule has 8 heteroatoms. The number of hydrogen-bond acceptors (Lipinski definition) is 4. The Bertz CT molecular complexity index is 821. The molecular formula is C14H13FN2O4S. The van der Waals surface area contributed by atoms with E-state index in [1.54, 1.807) is 0 Å². The summed E-state index contributed by atoms with van der Waals surface area (Å²) in [6.07, 6.45) is 0. The topological polar surface area (TPSA) is 95.5 Å². The molecule has 116 valence electrons. The number of benzene rings is 2. The number of hydrogen-bond donors (Lipinski definition) is 3. The molecule has 0 spiro atoms. The van der Waals surface area contributed by atoms with Gasteiger partial charge in [-0.05, 0) is 36.8 Å². The molecule has 0 fully saturated rings. The van der Waals surface area contributed by atoms with E-state index in [4.69, 9.17) is 0 Å². The summed E-state index contributed by atoms with van der Waals surface area (Å²) in [6.45, 7) is 1.50. The van der Waals surface area contributed by atoms with E-state index in [2.05, 4.69) is 0 Å². The Morgan fingerprint density at radius 3 is 2.50 bits per heavy atom. The third-order valence-corrected chi connectivity index (χ3v) is 4.15. The molecule has 0 saturated carbocycles. The van der Waals surface area contributed by atoms with Crippen molar-refractivity contribution >= 4 is 15.9 Å². The van der Waals surface area contributed by atoms with E-state index in [0.29, 0.717) is 5.56 Å². The fourth-order valence-electron chi connectivity index (χ4n) is 1.65. The van der Waals surface area contributed by atoms with Crippen molar-refractivity contribution in [1.29, 1.82) is 0 Å². The number of phenolic OH excluding ortho intramolecular Hbond substituents is 1. The van der Waals surface area contributed by atoms with Crippen LogP contribution in [0.2, 0.25) is 0 Å². The van der Waals surface area contributed by atoms with Gasteiger partial charge in [0.05, 0.1) is 10.5 Å². The number of carbonyl (C=O) groups is 1. The number of halogens is 1. The molecule has 1 amide bonds. The molecule has 2 aromatic rings. The first-order chi connectivity index (χ1) is 10.3. The number of para-hydroxylation sites is 1. The van der Waals surface area contributed by atoms with E-state index < -0.39 is 21.7 Å². The molecule has 6 nitrogen and oxygen atoms in total. The molecule has 3 N–H and O–H groups in total. The third-order valence-electron chi connectivity index (χ3n) is 2.90. The Balaban J connectivity index is 2.14. The van der Waals surface area contributed by atoms with Crippen molar-refractivity contribution in [2.75, 3.05) is 0 Å². The average molecular weight is 324 g/mol. The Morgan fingerprint density at radius 2 is 1.86 bits per heavy atom. The normalized spacial score (nSPS) is 11.2. The lowest BCUT2D eigenvalue weighted by atomic mass is 10.2. The number of hydrazine groups is 1. The number of carbonyl (C=O) groups excluding carboxylic acids is 1. The summed E-state index contributed by atoms with van der Waals surface area (Å²) in [5.41, 5.74) is 2.16. The highest BCUT2D eigenvalue weighted by atomic mass is 32.2. The summed E-state index contributed by atoms with van der Waals surface area (Å²) < 4.78 is 37.3. The van der Waals surface area contributed by atoms with Crippen LogP contribution in [0.25, 0.3) is 0 Å². The molecule has 22 heavy (non-hydrogen) atoms. The predicted molar refractivity (Wildman–Crippen MR) is 77.0 cm³/mol. The lowest BCUT2D eigenvalue weighted by Gasteiger charge is -2.09. The molecule has 0 unspecified atom stereocenters. The number of amides is 1. The van der Waals surface area contributed by atoms with Crippen LogP contribution in [0.5, 0.6) is 5.75 Å². The van der Waals surface area contributed by atoms with Crippen molar-refractivity contribution < 1.29 is 22.7 Å². The highest BCUT2D eigenvalue weighted by Gasteiger charge is 2.18. The first-order valence-corrected chi connectivity index (χ1v) is 7.66. The van der Waals surface area contributed by atoms with Crippen molar-refractivity contribution in [2.24, 2.45) is 0 Å². The number of aromatic hydroxyl groups is 1. The predicted octanol–water partition coefficient (Wildman–Crippen LogP) is 1.46. The third kappa shape index (κ3) is 3.41. The van der Waals surface area contributed by atoms with Crippen molar-refractivity contribution in [3.05, 3.63) is 59.4 Å². The van der Waals surface area contributed by atoms with Crippen molar-refractivity contribution in [3.63, 3.8) is 0 Å². The van der Waals surface area contributed by atoms with Gasteiger partial charge in [-0.1, -0.05) is 18.2 Å². The number of sulfonamides is 1. The lowest BCUT2D eigenvalue weighted by Crippen LogP contribution is -2.41. The van der Waals surface area contributed by atoms with Gasteiger partial charge in [0, 0.05) is 0 Å². The van der Waals surface area contributed by atoms with Crippen molar-refractivity contribution in [2.45, 2.75) is 11.8 Å². The first kappa shape index (κ1) is 15.9. The van der Waals surface area contributed by atoms with Crippen LogP contribution in [0, 0.1) is 12.7 Å². The van der Waals surface area contributed by atoms with Crippen LogP contribution < -0.4 is 10.3 Å². The molecule has 0 aliphatic rings. The van der Waals surface area contributed by atoms with Gasteiger partial charge in [-0.25, -0.2) is 12.8 Å². The van der Waals surface area contributed by atoms with Crippen LogP contribution in [0.4, 0.5) is 4.39 Å². The second kappa shape index (κ2) is 6.12. The monoisotopic (exact) mass is 324 g/mol. The zero-order valence-corrected chi connectivity index (χ0v) is 12.3. The van der Waals surface area contributed by atoms with E-state index >= 15 is 0 Å². The van der Waals surface area contributed by atoms with Crippen LogP contribution in [-0.4, -0.2) is 19.4 Å². The molecule has 2 rings (SSSR count). The van der Waals surface area contributed by atoms with Gasteiger partial charge in [-0.2, -0.15) is 0 Å². The molecule has 0 saturated heterocycles. The van der Waals surface area contributed by atoms with E-state index in [1.807, 2.05) is 10.3 Å². The van der Waals surface area contributed by atoms with Gasteiger partial charge in [0.2, 0.25) is 0 Å². The molecule has 0 atom stereocenters. The molecular weight excluding hydrogens is 311 g/mol. The summed E-state index contributed by atoms with van der Waals surface area (Å²) >= 11 is 0. The zero-order valence-electron chi connectivity index (χ0n) is 11.5. The minimum Gasteiger partial charge on any atom is -0.507 e.